The van der Waals surface area contributed by atoms with Crippen LogP contribution < -0.4 is 0 Å². The monoisotopic (exact) mass is 182 g/mol. The third kappa shape index (κ3) is 13.2. The van der Waals surface area contributed by atoms with E-state index < -0.39 is 0 Å². The average molecular weight is 183 g/mol. The fourth-order valence-corrected chi connectivity index (χ4v) is 0.926. The van der Waals surface area contributed by atoms with Gasteiger partial charge in [0.25, 0.3) is 0 Å². The molecule has 1 N–H and O–H groups in total. The van der Waals surface area contributed by atoms with Gasteiger partial charge < -0.3 is 0 Å². The molecular weight excluding hydrogens is 162 g/mol. The summed E-state index contributed by atoms with van der Waals surface area (Å²) in [6, 6.07) is 0. The van der Waals surface area contributed by atoms with E-state index in [1.807, 2.05) is 14.1 Å². The summed E-state index contributed by atoms with van der Waals surface area (Å²) in [5.41, 5.74) is 0. The highest BCUT2D eigenvalue weighted by molar-refractivity contribution is 5.85. The fraction of sp³-hybridized carbons (Fsp3) is 1.00. The lowest BCUT2D eigenvalue weighted by Crippen LogP contribution is -2.36. The van der Waals surface area contributed by atoms with Gasteiger partial charge in [-0.15, -0.1) is 12.4 Å². The van der Waals surface area contributed by atoms with Gasteiger partial charge in [-0.1, -0.05) is 19.8 Å². The molecule has 0 rings (SSSR count). The molecule has 2 nitrogen and oxygen atoms in total. The van der Waals surface area contributed by atoms with Crippen LogP contribution in [0.2, 0.25) is 0 Å². The SMILES string of the molecule is CCCCCC[N+](C)(C)O.Cl. The predicted octanol–water partition coefficient (Wildman–Crippen LogP) is 2.45. The summed E-state index contributed by atoms with van der Waals surface area (Å²) >= 11 is 0. The molecule has 0 spiro atoms. The first kappa shape index (κ1) is 13.8. The summed E-state index contributed by atoms with van der Waals surface area (Å²) in [5, 5.41) is 9.25. The zero-order valence-electron chi connectivity index (χ0n) is 7.84. The summed E-state index contributed by atoms with van der Waals surface area (Å²) < 4.78 is 0.115. The minimum Gasteiger partial charge on any atom is -0.217 e. The predicted molar refractivity (Wildman–Crippen MR) is 50.2 cm³/mol. The molecule has 11 heavy (non-hydrogen) atoms. The van der Waals surface area contributed by atoms with Crippen molar-refractivity contribution in [2.45, 2.75) is 32.6 Å². The van der Waals surface area contributed by atoms with Gasteiger partial charge in [0.1, 0.15) is 6.54 Å². The van der Waals surface area contributed by atoms with Gasteiger partial charge in [-0.3, -0.25) is 0 Å². The second-order valence-electron chi connectivity index (χ2n) is 3.41. The van der Waals surface area contributed by atoms with Crippen LogP contribution in [0.15, 0.2) is 0 Å². The van der Waals surface area contributed by atoms with Gasteiger partial charge >= 0.3 is 0 Å². The molecule has 0 saturated carbocycles. The Morgan fingerprint density at radius 1 is 1.09 bits per heavy atom. The number of hydroxylamine groups is 3. The van der Waals surface area contributed by atoms with Crippen molar-refractivity contribution in [1.82, 2.24) is 0 Å². The molecule has 70 valence electrons. The first-order chi connectivity index (χ1) is 4.56. The van der Waals surface area contributed by atoms with Crippen LogP contribution in [0, 0.1) is 0 Å². The smallest absolute Gasteiger partial charge is 0.108 e. The molecule has 0 aromatic rings. The molecule has 0 bridgehead atoms. The third-order valence-electron chi connectivity index (χ3n) is 1.56. The Labute approximate surface area is 76.2 Å². The molecule has 0 amide bonds. The molecule has 0 atom stereocenters. The van der Waals surface area contributed by atoms with Gasteiger partial charge in [-0.2, -0.15) is 4.65 Å². The Balaban J connectivity index is 0. The van der Waals surface area contributed by atoms with Crippen LogP contribution in [0.5, 0.6) is 0 Å². The van der Waals surface area contributed by atoms with Crippen molar-refractivity contribution in [3.05, 3.63) is 0 Å². The number of nitrogens with zero attached hydrogens (tertiary/aromatic N) is 1. The van der Waals surface area contributed by atoms with E-state index in [1.165, 1.54) is 19.3 Å². The van der Waals surface area contributed by atoms with E-state index in [2.05, 4.69) is 6.92 Å². The molecule has 0 aromatic heterocycles. The summed E-state index contributed by atoms with van der Waals surface area (Å²) in [5.74, 6) is 0. The topological polar surface area (TPSA) is 20.2 Å². The summed E-state index contributed by atoms with van der Waals surface area (Å²) in [6.07, 6.45) is 4.94. The van der Waals surface area contributed by atoms with E-state index in [0.717, 1.165) is 13.0 Å². The fourth-order valence-electron chi connectivity index (χ4n) is 0.926. The molecule has 0 aliphatic carbocycles. The first-order valence-corrected chi connectivity index (χ1v) is 4.12. The second-order valence-corrected chi connectivity index (χ2v) is 3.41. The second kappa shape index (κ2) is 6.89. The molecule has 0 heterocycles. The lowest BCUT2D eigenvalue weighted by molar-refractivity contribution is -1.07. The van der Waals surface area contributed by atoms with Crippen LogP contribution in [0.1, 0.15) is 32.6 Å². The molecule has 0 saturated heterocycles. The minimum atomic E-state index is 0. The van der Waals surface area contributed by atoms with Crippen LogP contribution in [0.4, 0.5) is 0 Å². The van der Waals surface area contributed by atoms with E-state index in [0.29, 0.717) is 0 Å². The van der Waals surface area contributed by atoms with Crippen LogP contribution in [0.3, 0.4) is 0 Å². The van der Waals surface area contributed by atoms with Crippen molar-refractivity contribution >= 4 is 12.4 Å². The zero-order valence-corrected chi connectivity index (χ0v) is 8.65. The highest BCUT2D eigenvalue weighted by atomic mass is 35.5. The molecular formula is C8H21ClNO+. The van der Waals surface area contributed by atoms with E-state index in [-0.39, 0.29) is 17.1 Å². The zero-order chi connectivity index (χ0) is 8.04. The van der Waals surface area contributed by atoms with Crippen molar-refractivity contribution < 1.29 is 9.85 Å². The van der Waals surface area contributed by atoms with E-state index in [1.54, 1.807) is 0 Å². The van der Waals surface area contributed by atoms with Crippen LogP contribution in [-0.2, 0) is 0 Å². The summed E-state index contributed by atoms with van der Waals surface area (Å²) in [7, 11) is 3.62. The Hall–Kier alpha value is 0.210. The van der Waals surface area contributed by atoms with Gasteiger partial charge in [-0.05, 0) is 12.8 Å². The maximum absolute atomic E-state index is 9.25. The van der Waals surface area contributed by atoms with E-state index in [4.69, 9.17) is 0 Å². The van der Waals surface area contributed by atoms with Gasteiger partial charge in [0, 0.05) is 0 Å². The number of halogens is 1. The minimum absolute atomic E-state index is 0. The van der Waals surface area contributed by atoms with Crippen LogP contribution in [0.25, 0.3) is 0 Å². The highest BCUT2D eigenvalue weighted by Crippen LogP contribution is 2.01. The Morgan fingerprint density at radius 2 is 1.64 bits per heavy atom. The maximum Gasteiger partial charge on any atom is 0.108 e. The molecule has 3 heteroatoms. The van der Waals surface area contributed by atoms with Crippen molar-refractivity contribution in [3.63, 3.8) is 0 Å². The molecule has 0 aromatic carbocycles. The normalized spacial score (nSPS) is 10.9. The van der Waals surface area contributed by atoms with Gasteiger partial charge in [0.05, 0.1) is 14.1 Å². The number of hydrogen-bond acceptors (Lipinski definition) is 1. The van der Waals surface area contributed by atoms with Gasteiger partial charge in [0.15, 0.2) is 0 Å². The number of rotatable bonds is 5. The lowest BCUT2D eigenvalue weighted by atomic mass is 10.2. The Kier molecular flexibility index (Phi) is 8.63. The lowest BCUT2D eigenvalue weighted by Gasteiger charge is -2.18. The standard InChI is InChI=1S/C8H20NO.ClH/c1-4-5-6-7-8-9(2,3)10;/h10H,4-8H2,1-3H3;1H/q+1;. The molecule has 0 radical (unpaired) electrons. The van der Waals surface area contributed by atoms with Gasteiger partial charge in [0.2, 0.25) is 0 Å². The van der Waals surface area contributed by atoms with Crippen molar-refractivity contribution in [3.8, 4) is 0 Å². The first-order valence-electron chi connectivity index (χ1n) is 4.12. The summed E-state index contributed by atoms with van der Waals surface area (Å²) in [4.78, 5) is 0. The van der Waals surface area contributed by atoms with E-state index in [9.17, 15) is 5.21 Å². The largest absolute Gasteiger partial charge is 0.217 e. The van der Waals surface area contributed by atoms with Crippen molar-refractivity contribution in [2.24, 2.45) is 0 Å². The highest BCUT2D eigenvalue weighted by Gasteiger charge is 2.07. The maximum atomic E-state index is 9.25. The molecule has 0 unspecified atom stereocenters. The molecule has 0 aliphatic rings. The van der Waals surface area contributed by atoms with Crippen molar-refractivity contribution in [2.75, 3.05) is 20.6 Å². The number of unbranched alkanes of at least 4 members (excludes halogenated alkanes) is 3. The van der Waals surface area contributed by atoms with Gasteiger partial charge in [-0.25, -0.2) is 5.21 Å². The van der Waals surface area contributed by atoms with E-state index >= 15 is 0 Å². The van der Waals surface area contributed by atoms with Crippen LogP contribution >= 0.6 is 12.4 Å². The Bertz CT molecular complexity index is 80.7. The van der Waals surface area contributed by atoms with Crippen LogP contribution in [-0.4, -0.2) is 30.5 Å². The molecule has 0 aliphatic heterocycles. The number of quaternary nitrogens is 1. The van der Waals surface area contributed by atoms with Crippen molar-refractivity contribution in [1.29, 1.82) is 0 Å². The number of hydrogen-bond donors (Lipinski definition) is 1. The third-order valence-corrected chi connectivity index (χ3v) is 1.56. The Morgan fingerprint density at radius 3 is 2.00 bits per heavy atom. The quantitative estimate of drug-likeness (QED) is 0.394. The summed E-state index contributed by atoms with van der Waals surface area (Å²) in [6.45, 7) is 3.07. The molecule has 0 fully saturated rings. The average Bonchev–Trinajstić information content (AvgIpc) is 1.78.